The normalized spacial score (nSPS) is 13.6. The minimum Gasteiger partial charge on any atom is -0.395 e. The van der Waals surface area contributed by atoms with Crippen molar-refractivity contribution < 1.29 is 5.11 Å². The smallest absolute Gasteiger partial charge is 0.163 e. The van der Waals surface area contributed by atoms with E-state index >= 15 is 0 Å². The molecule has 2 N–H and O–H groups in total. The van der Waals surface area contributed by atoms with E-state index in [0.29, 0.717) is 6.54 Å². The number of rotatable bonds is 4. The molecule has 0 fully saturated rings. The second-order valence-corrected chi connectivity index (χ2v) is 4.42. The summed E-state index contributed by atoms with van der Waals surface area (Å²) in [5.74, 6) is 2.05. The Morgan fingerprint density at radius 1 is 1.22 bits per heavy atom. The van der Waals surface area contributed by atoms with Crippen molar-refractivity contribution in [1.82, 2.24) is 14.8 Å². The third kappa shape index (κ3) is 1.97. The van der Waals surface area contributed by atoms with Gasteiger partial charge in [0.1, 0.15) is 5.82 Å². The Balaban J connectivity index is 1.84. The van der Waals surface area contributed by atoms with Crippen molar-refractivity contribution in [2.24, 2.45) is 0 Å². The van der Waals surface area contributed by atoms with Crippen LogP contribution in [0.15, 0.2) is 24.3 Å². The number of aromatic nitrogens is 3. The van der Waals surface area contributed by atoms with Crippen LogP contribution in [0.25, 0.3) is 11.4 Å². The Morgan fingerprint density at radius 3 is 2.83 bits per heavy atom. The van der Waals surface area contributed by atoms with Crippen LogP contribution in [0.2, 0.25) is 0 Å². The average molecular weight is 244 g/mol. The lowest BCUT2D eigenvalue weighted by atomic mass is 10.2. The minimum absolute atomic E-state index is 0.138. The molecule has 1 aliphatic rings. The average Bonchev–Trinajstić information content (AvgIpc) is 2.99. The fraction of sp³-hybridized carbons (Fsp3) is 0.385. The molecule has 0 amide bonds. The molecule has 2 aromatic rings. The van der Waals surface area contributed by atoms with Gasteiger partial charge in [-0.2, -0.15) is 0 Å². The molecule has 0 spiro atoms. The van der Waals surface area contributed by atoms with Gasteiger partial charge >= 0.3 is 0 Å². The van der Waals surface area contributed by atoms with Crippen LogP contribution >= 0.6 is 0 Å². The lowest BCUT2D eigenvalue weighted by Gasteiger charge is -2.06. The van der Waals surface area contributed by atoms with Crippen molar-refractivity contribution in [3.63, 3.8) is 0 Å². The Morgan fingerprint density at radius 2 is 2.06 bits per heavy atom. The Bertz CT molecular complexity index is 532. The van der Waals surface area contributed by atoms with Crippen LogP contribution in [0.5, 0.6) is 0 Å². The van der Waals surface area contributed by atoms with E-state index in [1.165, 1.54) is 0 Å². The molecular formula is C13H16N4O. The van der Waals surface area contributed by atoms with E-state index in [-0.39, 0.29) is 6.61 Å². The maximum atomic E-state index is 8.75. The van der Waals surface area contributed by atoms with E-state index in [1.54, 1.807) is 0 Å². The summed E-state index contributed by atoms with van der Waals surface area (Å²) in [5.41, 5.74) is 2.10. The summed E-state index contributed by atoms with van der Waals surface area (Å²) in [5, 5.41) is 20.3. The predicted octanol–water partition coefficient (Wildman–Crippen LogP) is 1.30. The number of aryl methyl sites for hydroxylation is 1. The van der Waals surface area contributed by atoms with Gasteiger partial charge in [-0.15, -0.1) is 10.2 Å². The van der Waals surface area contributed by atoms with Gasteiger partial charge in [-0.1, -0.05) is 0 Å². The van der Waals surface area contributed by atoms with Crippen molar-refractivity contribution in [3.05, 3.63) is 30.1 Å². The van der Waals surface area contributed by atoms with Crippen molar-refractivity contribution in [2.45, 2.75) is 19.4 Å². The Kier molecular flexibility index (Phi) is 2.98. The topological polar surface area (TPSA) is 63.0 Å². The molecule has 5 nitrogen and oxygen atoms in total. The number of aliphatic hydroxyl groups excluding tert-OH is 1. The SMILES string of the molecule is OCCNc1ccc(-c2nnc3n2CCC3)cc1. The van der Waals surface area contributed by atoms with E-state index in [2.05, 4.69) is 20.1 Å². The number of benzene rings is 1. The molecule has 0 saturated carbocycles. The summed E-state index contributed by atoms with van der Waals surface area (Å²) in [6.45, 7) is 1.72. The number of nitrogens with one attached hydrogen (secondary N) is 1. The lowest BCUT2D eigenvalue weighted by Crippen LogP contribution is -2.05. The summed E-state index contributed by atoms with van der Waals surface area (Å²) < 4.78 is 2.19. The maximum absolute atomic E-state index is 8.75. The summed E-state index contributed by atoms with van der Waals surface area (Å²) in [6.07, 6.45) is 2.19. The fourth-order valence-electron chi connectivity index (χ4n) is 2.30. The molecule has 0 radical (unpaired) electrons. The standard InChI is InChI=1S/C13H16N4O/c18-9-7-14-11-5-3-10(4-6-11)13-16-15-12-2-1-8-17(12)13/h3-6,14,18H,1-2,7-9H2. The molecule has 94 valence electrons. The van der Waals surface area contributed by atoms with E-state index in [1.807, 2.05) is 24.3 Å². The second kappa shape index (κ2) is 4.78. The van der Waals surface area contributed by atoms with Crippen LogP contribution < -0.4 is 5.32 Å². The molecule has 0 unspecified atom stereocenters. The van der Waals surface area contributed by atoms with Crippen LogP contribution in [0.4, 0.5) is 5.69 Å². The van der Waals surface area contributed by atoms with Gasteiger partial charge in [0.25, 0.3) is 0 Å². The summed E-state index contributed by atoms with van der Waals surface area (Å²) in [6, 6.07) is 8.08. The van der Waals surface area contributed by atoms with Gasteiger partial charge in [-0.05, 0) is 30.7 Å². The van der Waals surface area contributed by atoms with Crippen LogP contribution in [-0.4, -0.2) is 33.0 Å². The van der Waals surface area contributed by atoms with Crippen molar-refractivity contribution in [1.29, 1.82) is 0 Å². The fourth-order valence-corrected chi connectivity index (χ4v) is 2.30. The first kappa shape index (κ1) is 11.2. The number of aliphatic hydroxyl groups is 1. The van der Waals surface area contributed by atoms with Crippen molar-refractivity contribution in [2.75, 3.05) is 18.5 Å². The third-order valence-electron chi connectivity index (χ3n) is 3.19. The van der Waals surface area contributed by atoms with Crippen LogP contribution in [0.3, 0.4) is 0 Å². The number of nitrogens with zero attached hydrogens (tertiary/aromatic N) is 3. The molecule has 3 rings (SSSR count). The van der Waals surface area contributed by atoms with Crippen molar-refractivity contribution in [3.8, 4) is 11.4 Å². The number of fused-ring (bicyclic) bond motifs is 1. The zero-order chi connectivity index (χ0) is 12.4. The first-order valence-corrected chi connectivity index (χ1v) is 6.26. The molecule has 0 bridgehead atoms. The first-order chi connectivity index (χ1) is 8.88. The largest absolute Gasteiger partial charge is 0.395 e. The summed E-state index contributed by atoms with van der Waals surface area (Å²) in [4.78, 5) is 0. The first-order valence-electron chi connectivity index (χ1n) is 6.26. The molecule has 2 heterocycles. The van der Waals surface area contributed by atoms with Gasteiger partial charge in [-0.25, -0.2) is 0 Å². The minimum atomic E-state index is 0.138. The summed E-state index contributed by atoms with van der Waals surface area (Å²) in [7, 11) is 0. The highest BCUT2D eigenvalue weighted by atomic mass is 16.3. The van der Waals surface area contributed by atoms with Gasteiger partial charge in [0.05, 0.1) is 6.61 Å². The Hall–Kier alpha value is -1.88. The van der Waals surface area contributed by atoms with E-state index in [0.717, 1.165) is 42.3 Å². The van der Waals surface area contributed by atoms with Gasteiger partial charge in [0.15, 0.2) is 5.82 Å². The van der Waals surface area contributed by atoms with E-state index < -0.39 is 0 Å². The monoisotopic (exact) mass is 244 g/mol. The lowest BCUT2D eigenvalue weighted by molar-refractivity contribution is 0.311. The molecule has 0 aliphatic carbocycles. The van der Waals surface area contributed by atoms with Gasteiger partial charge in [0, 0.05) is 30.8 Å². The highest BCUT2D eigenvalue weighted by Crippen LogP contribution is 2.24. The molecule has 0 saturated heterocycles. The molecule has 1 aromatic carbocycles. The quantitative estimate of drug-likeness (QED) is 0.851. The predicted molar refractivity (Wildman–Crippen MR) is 69.4 cm³/mol. The van der Waals surface area contributed by atoms with E-state index in [4.69, 9.17) is 5.11 Å². The zero-order valence-electron chi connectivity index (χ0n) is 10.1. The highest BCUT2D eigenvalue weighted by molar-refractivity contribution is 5.60. The Labute approximate surface area is 105 Å². The molecular weight excluding hydrogens is 228 g/mol. The molecule has 18 heavy (non-hydrogen) atoms. The van der Waals surface area contributed by atoms with Crippen LogP contribution in [0, 0.1) is 0 Å². The van der Waals surface area contributed by atoms with Gasteiger partial charge in [0.2, 0.25) is 0 Å². The zero-order valence-corrected chi connectivity index (χ0v) is 10.1. The third-order valence-corrected chi connectivity index (χ3v) is 3.19. The molecule has 0 atom stereocenters. The molecule has 5 heteroatoms. The van der Waals surface area contributed by atoms with E-state index in [9.17, 15) is 0 Å². The number of anilines is 1. The number of hydrogen-bond acceptors (Lipinski definition) is 4. The maximum Gasteiger partial charge on any atom is 0.163 e. The van der Waals surface area contributed by atoms with Crippen LogP contribution in [-0.2, 0) is 13.0 Å². The van der Waals surface area contributed by atoms with Crippen molar-refractivity contribution >= 4 is 5.69 Å². The molecule has 1 aliphatic heterocycles. The highest BCUT2D eigenvalue weighted by Gasteiger charge is 2.17. The summed E-state index contributed by atoms with van der Waals surface area (Å²) >= 11 is 0. The van der Waals surface area contributed by atoms with Gasteiger partial charge < -0.3 is 15.0 Å². The van der Waals surface area contributed by atoms with Gasteiger partial charge in [-0.3, -0.25) is 0 Å². The molecule has 1 aromatic heterocycles. The number of hydrogen-bond donors (Lipinski definition) is 2. The van der Waals surface area contributed by atoms with Crippen LogP contribution in [0.1, 0.15) is 12.2 Å². The second-order valence-electron chi connectivity index (χ2n) is 4.42.